The summed E-state index contributed by atoms with van der Waals surface area (Å²) in [7, 11) is 4.02. The molecule has 1 aromatic heterocycles. The Morgan fingerprint density at radius 3 is 2.53 bits per heavy atom. The maximum atomic E-state index is 13.9. The van der Waals surface area contributed by atoms with Crippen molar-refractivity contribution in [2.45, 2.75) is 13.1 Å². The van der Waals surface area contributed by atoms with Crippen molar-refractivity contribution in [1.82, 2.24) is 10.2 Å². The highest BCUT2D eigenvalue weighted by Gasteiger charge is 2.29. The van der Waals surface area contributed by atoms with Crippen molar-refractivity contribution >= 4 is 34.5 Å². The summed E-state index contributed by atoms with van der Waals surface area (Å²) in [6.07, 6.45) is 1.45. The van der Waals surface area contributed by atoms with Crippen LogP contribution in [0.1, 0.15) is 32.8 Å². The quantitative estimate of drug-likeness (QED) is 0.279. The van der Waals surface area contributed by atoms with Crippen LogP contribution in [-0.2, 0) is 17.9 Å². The molecule has 8 heteroatoms. The van der Waals surface area contributed by atoms with Gasteiger partial charge in [-0.3, -0.25) is 9.59 Å². The van der Waals surface area contributed by atoms with Gasteiger partial charge < -0.3 is 25.3 Å². The standard InChI is InChI=1S/C30H27FN4O3/c1-35(2)18-19-8-11-23(12-9-19)33-28(27-24-13-10-22(31)16-25(24)34-30(27)37)21-6-3-5-20(15-21)17-32-29(36)26-7-4-14-38-26/h3-16,33H,17-18H2,1-2H3,(H,32,36)(H,34,37). The predicted octanol–water partition coefficient (Wildman–Crippen LogP) is 5.34. The third-order valence-corrected chi connectivity index (χ3v) is 6.11. The molecule has 0 saturated heterocycles. The molecule has 1 aliphatic rings. The zero-order valence-corrected chi connectivity index (χ0v) is 21.0. The van der Waals surface area contributed by atoms with Gasteiger partial charge in [0.25, 0.3) is 11.8 Å². The zero-order chi connectivity index (χ0) is 26.6. The van der Waals surface area contributed by atoms with Crippen LogP contribution in [0.5, 0.6) is 0 Å². The first-order valence-corrected chi connectivity index (χ1v) is 12.1. The molecule has 0 atom stereocenters. The summed E-state index contributed by atoms with van der Waals surface area (Å²) in [5.74, 6) is -0.838. The highest BCUT2D eigenvalue weighted by molar-refractivity contribution is 6.37. The van der Waals surface area contributed by atoms with E-state index in [0.717, 1.165) is 28.9 Å². The monoisotopic (exact) mass is 510 g/mol. The lowest BCUT2D eigenvalue weighted by Crippen LogP contribution is -2.22. The number of rotatable bonds is 8. The number of carbonyl (C=O) groups is 2. The zero-order valence-electron chi connectivity index (χ0n) is 21.0. The normalized spacial score (nSPS) is 13.7. The van der Waals surface area contributed by atoms with Crippen molar-refractivity contribution in [3.8, 4) is 0 Å². The molecule has 5 rings (SSSR count). The maximum Gasteiger partial charge on any atom is 0.287 e. The molecular weight excluding hydrogens is 483 g/mol. The van der Waals surface area contributed by atoms with Gasteiger partial charge in [0, 0.05) is 24.3 Å². The molecule has 7 nitrogen and oxygen atoms in total. The fourth-order valence-electron chi connectivity index (χ4n) is 4.39. The van der Waals surface area contributed by atoms with E-state index < -0.39 is 5.82 Å². The Labute approximate surface area is 220 Å². The molecule has 3 N–H and O–H groups in total. The lowest BCUT2D eigenvalue weighted by Gasteiger charge is -2.17. The van der Waals surface area contributed by atoms with Crippen LogP contribution in [0.4, 0.5) is 15.8 Å². The number of nitrogens with zero attached hydrogens (tertiary/aromatic N) is 1. The average molecular weight is 511 g/mol. The number of amides is 2. The van der Waals surface area contributed by atoms with Crippen molar-refractivity contribution in [3.63, 3.8) is 0 Å². The molecule has 0 aliphatic carbocycles. The highest BCUT2D eigenvalue weighted by atomic mass is 19.1. The van der Waals surface area contributed by atoms with Gasteiger partial charge in [0.1, 0.15) is 5.82 Å². The van der Waals surface area contributed by atoms with Crippen LogP contribution in [-0.4, -0.2) is 30.8 Å². The summed E-state index contributed by atoms with van der Waals surface area (Å²) >= 11 is 0. The first-order chi connectivity index (χ1) is 18.4. The van der Waals surface area contributed by atoms with Crippen LogP contribution in [0, 0.1) is 5.82 Å². The van der Waals surface area contributed by atoms with E-state index in [-0.39, 0.29) is 24.1 Å². The van der Waals surface area contributed by atoms with E-state index in [1.807, 2.05) is 62.6 Å². The molecule has 2 heterocycles. The minimum absolute atomic E-state index is 0.231. The largest absolute Gasteiger partial charge is 0.459 e. The Hall–Kier alpha value is -4.69. The summed E-state index contributed by atoms with van der Waals surface area (Å²) in [6, 6.07) is 23.1. The van der Waals surface area contributed by atoms with E-state index in [2.05, 4.69) is 20.9 Å². The molecule has 0 fully saturated rings. The molecular formula is C30H27FN4O3. The Bertz CT molecular complexity index is 1510. The lowest BCUT2D eigenvalue weighted by atomic mass is 9.98. The number of benzene rings is 3. The van der Waals surface area contributed by atoms with E-state index >= 15 is 0 Å². The number of hydrogen-bond donors (Lipinski definition) is 3. The van der Waals surface area contributed by atoms with Crippen LogP contribution in [0.15, 0.2) is 89.5 Å². The second kappa shape index (κ2) is 10.7. The van der Waals surface area contributed by atoms with Crippen LogP contribution >= 0.6 is 0 Å². The minimum atomic E-state index is -0.425. The van der Waals surface area contributed by atoms with Gasteiger partial charge >= 0.3 is 0 Å². The highest BCUT2D eigenvalue weighted by Crippen LogP contribution is 2.38. The fraction of sp³-hybridized carbons (Fsp3) is 0.133. The van der Waals surface area contributed by atoms with Crippen molar-refractivity contribution in [1.29, 1.82) is 0 Å². The maximum absolute atomic E-state index is 13.9. The van der Waals surface area contributed by atoms with E-state index in [0.29, 0.717) is 22.5 Å². The Kier molecular flexibility index (Phi) is 7.06. The SMILES string of the molecule is CN(C)Cc1ccc(NC(=C2C(=O)Nc3cc(F)ccc32)c2cccc(CNC(=O)c3ccco3)c2)cc1. The van der Waals surface area contributed by atoms with Gasteiger partial charge in [-0.25, -0.2) is 4.39 Å². The summed E-state index contributed by atoms with van der Waals surface area (Å²) in [6.45, 7) is 1.07. The molecule has 192 valence electrons. The molecule has 1 aliphatic heterocycles. The number of fused-ring (bicyclic) bond motifs is 1. The summed E-state index contributed by atoms with van der Waals surface area (Å²) in [4.78, 5) is 27.6. The number of hydrogen-bond acceptors (Lipinski definition) is 5. The minimum Gasteiger partial charge on any atom is -0.459 e. The fourth-order valence-corrected chi connectivity index (χ4v) is 4.39. The summed E-state index contributed by atoms with van der Waals surface area (Å²) in [5.41, 5.74) is 5.56. The van der Waals surface area contributed by atoms with Gasteiger partial charge in [0.05, 0.1) is 23.2 Å². The van der Waals surface area contributed by atoms with E-state index in [1.54, 1.807) is 18.2 Å². The Morgan fingerprint density at radius 1 is 0.974 bits per heavy atom. The van der Waals surface area contributed by atoms with Crippen LogP contribution < -0.4 is 16.0 Å². The van der Waals surface area contributed by atoms with Gasteiger partial charge in [-0.15, -0.1) is 0 Å². The van der Waals surface area contributed by atoms with E-state index in [9.17, 15) is 14.0 Å². The van der Waals surface area contributed by atoms with Gasteiger partial charge in [-0.2, -0.15) is 0 Å². The molecule has 4 aromatic rings. The predicted molar refractivity (Wildman–Crippen MR) is 146 cm³/mol. The number of anilines is 2. The van der Waals surface area contributed by atoms with Gasteiger partial charge in [-0.1, -0.05) is 30.3 Å². The molecule has 0 bridgehead atoms. The van der Waals surface area contributed by atoms with Crippen LogP contribution in [0.2, 0.25) is 0 Å². The summed E-state index contributed by atoms with van der Waals surface area (Å²) < 4.78 is 19.1. The number of carbonyl (C=O) groups excluding carboxylic acids is 2. The Balaban J connectivity index is 1.51. The molecule has 0 radical (unpaired) electrons. The van der Waals surface area contributed by atoms with Gasteiger partial charge in [0.2, 0.25) is 0 Å². The molecule has 2 amide bonds. The topological polar surface area (TPSA) is 86.6 Å². The first-order valence-electron chi connectivity index (χ1n) is 12.1. The average Bonchev–Trinajstić information content (AvgIpc) is 3.54. The Morgan fingerprint density at radius 2 is 1.79 bits per heavy atom. The smallest absolute Gasteiger partial charge is 0.287 e. The van der Waals surface area contributed by atoms with Gasteiger partial charge in [-0.05, 0) is 79.3 Å². The lowest BCUT2D eigenvalue weighted by molar-refractivity contribution is -0.110. The molecule has 38 heavy (non-hydrogen) atoms. The van der Waals surface area contributed by atoms with Crippen molar-refractivity contribution in [2.75, 3.05) is 24.7 Å². The van der Waals surface area contributed by atoms with Gasteiger partial charge in [0.15, 0.2) is 5.76 Å². The van der Waals surface area contributed by atoms with Crippen LogP contribution in [0.25, 0.3) is 11.3 Å². The third-order valence-electron chi connectivity index (χ3n) is 6.11. The van der Waals surface area contributed by atoms with E-state index in [4.69, 9.17) is 4.42 Å². The third kappa shape index (κ3) is 5.50. The first kappa shape index (κ1) is 25.0. The summed E-state index contributed by atoms with van der Waals surface area (Å²) in [5, 5.41) is 9.05. The second-order valence-electron chi connectivity index (χ2n) is 9.31. The molecule has 0 unspecified atom stereocenters. The van der Waals surface area contributed by atoms with Crippen LogP contribution in [0.3, 0.4) is 0 Å². The number of halogens is 1. The molecule has 0 spiro atoms. The van der Waals surface area contributed by atoms with Crippen molar-refractivity contribution in [2.24, 2.45) is 0 Å². The van der Waals surface area contributed by atoms with Crippen molar-refractivity contribution < 1.29 is 18.4 Å². The molecule has 3 aromatic carbocycles. The number of nitrogens with one attached hydrogen (secondary N) is 3. The van der Waals surface area contributed by atoms with E-state index in [1.165, 1.54) is 18.4 Å². The molecule has 0 saturated carbocycles. The van der Waals surface area contributed by atoms with Crippen molar-refractivity contribution in [3.05, 3.63) is 119 Å². The number of furan rings is 1. The second-order valence-corrected chi connectivity index (χ2v) is 9.31.